The maximum Gasteiger partial charge on any atom is 0.290 e. The summed E-state index contributed by atoms with van der Waals surface area (Å²) in [5, 5.41) is 2.10. The van der Waals surface area contributed by atoms with Crippen LogP contribution < -0.4 is 0 Å². The van der Waals surface area contributed by atoms with Gasteiger partial charge in [0.2, 0.25) is 0 Å². The largest absolute Gasteiger partial charge is 0.331 e. The summed E-state index contributed by atoms with van der Waals surface area (Å²) >= 11 is 1.78. The van der Waals surface area contributed by atoms with Gasteiger partial charge in [0.05, 0.1) is 0 Å². The molecule has 0 atom stereocenters. The molecule has 2 aromatic heterocycles. The molecule has 0 aliphatic carbocycles. The van der Waals surface area contributed by atoms with Crippen molar-refractivity contribution >= 4 is 17.2 Å². The zero-order valence-corrected chi connectivity index (χ0v) is 10.4. The zero-order valence-electron chi connectivity index (χ0n) is 9.59. The van der Waals surface area contributed by atoms with Crippen molar-refractivity contribution in [3.8, 4) is 0 Å². The quantitative estimate of drug-likeness (QED) is 0.769. The molecule has 5 heteroatoms. The Kier molecular flexibility index (Phi) is 2.48. The van der Waals surface area contributed by atoms with E-state index < -0.39 is 0 Å². The van der Waals surface area contributed by atoms with Crippen molar-refractivity contribution in [3.05, 3.63) is 40.1 Å². The molecule has 0 saturated heterocycles. The molecule has 0 saturated carbocycles. The number of carbonyl (C=O) groups excluding carboxylic acids is 1. The van der Waals surface area contributed by atoms with E-state index in [1.165, 1.54) is 10.4 Å². The number of imidazole rings is 1. The van der Waals surface area contributed by atoms with Gasteiger partial charge >= 0.3 is 0 Å². The van der Waals surface area contributed by atoms with Gasteiger partial charge in [0.1, 0.15) is 0 Å². The Morgan fingerprint density at radius 2 is 2.41 bits per heavy atom. The number of thiophene rings is 1. The first-order valence-corrected chi connectivity index (χ1v) is 6.45. The van der Waals surface area contributed by atoms with E-state index in [0.717, 1.165) is 13.0 Å². The molecule has 0 aromatic carbocycles. The molecule has 0 spiro atoms. The summed E-state index contributed by atoms with van der Waals surface area (Å²) in [6, 6.07) is 2.11. The summed E-state index contributed by atoms with van der Waals surface area (Å²) in [6.45, 7) is 1.50. The lowest BCUT2D eigenvalue weighted by Crippen LogP contribution is -2.36. The Morgan fingerprint density at radius 1 is 1.53 bits per heavy atom. The highest BCUT2D eigenvalue weighted by Crippen LogP contribution is 2.24. The van der Waals surface area contributed by atoms with E-state index in [1.54, 1.807) is 28.3 Å². The number of hydrogen-bond donors (Lipinski definition) is 0. The first kappa shape index (κ1) is 10.5. The Labute approximate surface area is 104 Å². The average Bonchev–Trinajstić information content (AvgIpc) is 2.95. The second-order valence-corrected chi connectivity index (χ2v) is 5.21. The normalized spacial score (nSPS) is 14.8. The molecular formula is C12H13N3OS. The molecule has 3 rings (SSSR count). The number of hydrogen-bond acceptors (Lipinski definition) is 3. The third kappa shape index (κ3) is 1.76. The molecule has 4 nitrogen and oxygen atoms in total. The van der Waals surface area contributed by atoms with Gasteiger partial charge in [0.25, 0.3) is 5.91 Å². The maximum atomic E-state index is 12.3. The summed E-state index contributed by atoms with van der Waals surface area (Å²) in [5.41, 5.74) is 1.28. The average molecular weight is 247 g/mol. The van der Waals surface area contributed by atoms with E-state index in [0.29, 0.717) is 12.4 Å². The number of rotatable bonds is 1. The van der Waals surface area contributed by atoms with E-state index in [4.69, 9.17) is 0 Å². The summed E-state index contributed by atoms with van der Waals surface area (Å²) in [5.74, 6) is 0.540. The number of aryl methyl sites for hydroxylation is 1. The van der Waals surface area contributed by atoms with Gasteiger partial charge in [-0.15, -0.1) is 11.3 Å². The molecule has 0 bridgehead atoms. The van der Waals surface area contributed by atoms with Crippen LogP contribution in [0.2, 0.25) is 0 Å². The molecule has 1 aliphatic rings. The molecule has 0 fully saturated rings. The number of carbonyl (C=O) groups is 1. The fourth-order valence-electron chi connectivity index (χ4n) is 2.13. The lowest BCUT2D eigenvalue weighted by Gasteiger charge is -2.26. The predicted octanol–water partition coefficient (Wildman–Crippen LogP) is 1.68. The second-order valence-electron chi connectivity index (χ2n) is 4.21. The topological polar surface area (TPSA) is 38.1 Å². The minimum atomic E-state index is 0.0225. The smallest absolute Gasteiger partial charge is 0.290 e. The Morgan fingerprint density at radius 3 is 3.18 bits per heavy atom. The lowest BCUT2D eigenvalue weighted by molar-refractivity contribution is 0.0720. The minimum Gasteiger partial charge on any atom is -0.331 e. The van der Waals surface area contributed by atoms with Crippen molar-refractivity contribution < 1.29 is 4.79 Å². The van der Waals surface area contributed by atoms with Crippen molar-refractivity contribution in [1.29, 1.82) is 0 Å². The van der Waals surface area contributed by atoms with Crippen LogP contribution in [0, 0.1) is 0 Å². The van der Waals surface area contributed by atoms with Crippen LogP contribution in [0.3, 0.4) is 0 Å². The number of aromatic nitrogens is 2. The van der Waals surface area contributed by atoms with Crippen molar-refractivity contribution in [2.24, 2.45) is 7.05 Å². The first-order chi connectivity index (χ1) is 8.25. The molecule has 0 radical (unpaired) electrons. The molecule has 88 valence electrons. The zero-order chi connectivity index (χ0) is 11.8. The van der Waals surface area contributed by atoms with Crippen LogP contribution >= 0.6 is 11.3 Å². The van der Waals surface area contributed by atoms with Crippen molar-refractivity contribution in [2.75, 3.05) is 6.54 Å². The van der Waals surface area contributed by atoms with Gasteiger partial charge in [-0.25, -0.2) is 4.98 Å². The van der Waals surface area contributed by atoms with Crippen LogP contribution in [-0.4, -0.2) is 26.9 Å². The fourth-order valence-corrected chi connectivity index (χ4v) is 3.02. The lowest BCUT2D eigenvalue weighted by atomic mass is 10.1. The van der Waals surface area contributed by atoms with Crippen molar-refractivity contribution in [1.82, 2.24) is 14.5 Å². The van der Waals surface area contributed by atoms with Crippen LogP contribution in [0.1, 0.15) is 21.1 Å². The summed E-state index contributed by atoms with van der Waals surface area (Å²) in [4.78, 5) is 19.7. The third-order valence-electron chi connectivity index (χ3n) is 3.11. The van der Waals surface area contributed by atoms with E-state index in [9.17, 15) is 4.79 Å². The predicted molar refractivity (Wildman–Crippen MR) is 66.0 cm³/mol. The number of nitrogens with zero attached hydrogens (tertiary/aromatic N) is 3. The van der Waals surface area contributed by atoms with Crippen molar-refractivity contribution in [2.45, 2.75) is 13.0 Å². The Bertz CT molecular complexity index is 558. The molecule has 3 heterocycles. The minimum absolute atomic E-state index is 0.0225. The highest BCUT2D eigenvalue weighted by atomic mass is 32.1. The highest BCUT2D eigenvalue weighted by Gasteiger charge is 2.24. The van der Waals surface area contributed by atoms with E-state index >= 15 is 0 Å². The van der Waals surface area contributed by atoms with Gasteiger partial charge in [0, 0.05) is 37.4 Å². The van der Waals surface area contributed by atoms with Gasteiger partial charge in [0.15, 0.2) is 5.82 Å². The van der Waals surface area contributed by atoms with E-state index in [1.807, 2.05) is 11.9 Å². The maximum absolute atomic E-state index is 12.3. The second kappa shape index (κ2) is 4.00. The van der Waals surface area contributed by atoms with Crippen LogP contribution in [-0.2, 0) is 20.0 Å². The van der Waals surface area contributed by atoms with Gasteiger partial charge in [-0.1, -0.05) is 0 Å². The van der Waals surface area contributed by atoms with Gasteiger partial charge in [-0.3, -0.25) is 4.79 Å². The molecule has 1 aliphatic heterocycles. The van der Waals surface area contributed by atoms with Gasteiger partial charge in [-0.05, 0) is 23.4 Å². The van der Waals surface area contributed by atoms with E-state index in [2.05, 4.69) is 16.4 Å². The van der Waals surface area contributed by atoms with E-state index in [-0.39, 0.29) is 5.91 Å². The fraction of sp³-hybridized carbons (Fsp3) is 0.333. The summed E-state index contributed by atoms with van der Waals surface area (Å²) < 4.78 is 1.77. The molecule has 17 heavy (non-hydrogen) atoms. The Hall–Kier alpha value is -1.62. The third-order valence-corrected chi connectivity index (χ3v) is 4.13. The molecule has 1 amide bonds. The Balaban J connectivity index is 1.84. The van der Waals surface area contributed by atoms with Crippen LogP contribution in [0.5, 0.6) is 0 Å². The summed E-state index contributed by atoms with van der Waals surface area (Å²) in [6.07, 6.45) is 4.42. The first-order valence-electron chi connectivity index (χ1n) is 5.57. The van der Waals surface area contributed by atoms with Crippen LogP contribution in [0.15, 0.2) is 23.8 Å². The monoisotopic (exact) mass is 247 g/mol. The van der Waals surface area contributed by atoms with Crippen LogP contribution in [0.25, 0.3) is 0 Å². The van der Waals surface area contributed by atoms with Gasteiger partial charge < -0.3 is 9.47 Å². The molecule has 2 aromatic rings. The number of amides is 1. The molecule has 0 N–H and O–H groups in total. The summed E-state index contributed by atoms with van der Waals surface area (Å²) in [7, 11) is 1.85. The standard InChI is InChI=1S/C12H13N3OS/c1-14-6-4-13-11(14)12(16)15-5-2-10-9(8-15)3-7-17-10/h3-4,6-7H,2,5,8H2,1H3. The van der Waals surface area contributed by atoms with Crippen molar-refractivity contribution in [3.63, 3.8) is 0 Å². The van der Waals surface area contributed by atoms with Crippen LogP contribution in [0.4, 0.5) is 0 Å². The SMILES string of the molecule is Cn1ccnc1C(=O)N1CCc2sccc2C1. The van der Waals surface area contributed by atoms with Gasteiger partial charge in [-0.2, -0.15) is 0 Å². The molecule has 0 unspecified atom stereocenters. The molecular weight excluding hydrogens is 234 g/mol. The highest BCUT2D eigenvalue weighted by molar-refractivity contribution is 7.10. The number of fused-ring (bicyclic) bond motifs is 1.